The number of anilines is 1. The van der Waals surface area contributed by atoms with E-state index in [4.69, 9.17) is 10.5 Å². The van der Waals surface area contributed by atoms with E-state index in [1.165, 1.54) is 0 Å². The first-order valence-corrected chi connectivity index (χ1v) is 5.23. The Hall–Kier alpha value is -1.13. The van der Waals surface area contributed by atoms with Gasteiger partial charge in [-0.05, 0) is 24.8 Å². The van der Waals surface area contributed by atoms with E-state index in [-0.39, 0.29) is 0 Å². The van der Waals surface area contributed by atoms with Gasteiger partial charge in [-0.25, -0.2) is 4.98 Å². The minimum atomic E-state index is -0.523. The molecule has 1 aliphatic rings. The Morgan fingerprint density at radius 1 is 1.67 bits per heavy atom. The minimum Gasteiger partial charge on any atom is -0.388 e. The SMILES string of the molecule is Nc1ncccc1C(O)CC1CCOC1. The van der Waals surface area contributed by atoms with E-state index < -0.39 is 6.10 Å². The van der Waals surface area contributed by atoms with Gasteiger partial charge in [0.05, 0.1) is 6.10 Å². The highest BCUT2D eigenvalue weighted by atomic mass is 16.5. The Bertz CT molecular complexity index is 324. The van der Waals surface area contributed by atoms with Gasteiger partial charge in [0.25, 0.3) is 0 Å². The normalized spacial score (nSPS) is 22.9. The van der Waals surface area contributed by atoms with Crippen LogP contribution in [0.25, 0.3) is 0 Å². The highest BCUT2D eigenvalue weighted by molar-refractivity contribution is 5.39. The number of aromatic nitrogens is 1. The summed E-state index contributed by atoms with van der Waals surface area (Å²) in [5.74, 6) is 0.864. The van der Waals surface area contributed by atoms with Gasteiger partial charge in [0, 0.05) is 25.0 Å². The number of nitrogen functional groups attached to an aromatic ring is 1. The molecule has 0 spiro atoms. The van der Waals surface area contributed by atoms with E-state index in [1.54, 1.807) is 12.3 Å². The summed E-state index contributed by atoms with van der Waals surface area (Å²) in [5, 5.41) is 9.99. The van der Waals surface area contributed by atoms with Gasteiger partial charge in [-0.3, -0.25) is 0 Å². The van der Waals surface area contributed by atoms with E-state index in [0.29, 0.717) is 18.2 Å². The number of ether oxygens (including phenoxy) is 1. The first-order valence-electron chi connectivity index (χ1n) is 5.23. The van der Waals surface area contributed by atoms with Gasteiger partial charge in [0.15, 0.2) is 0 Å². The van der Waals surface area contributed by atoms with Crippen molar-refractivity contribution in [3.05, 3.63) is 23.9 Å². The average molecular weight is 208 g/mol. The molecule has 1 aromatic rings. The van der Waals surface area contributed by atoms with Crippen molar-refractivity contribution in [3.8, 4) is 0 Å². The number of aliphatic hydroxyl groups excluding tert-OH is 1. The Balaban J connectivity index is 2.00. The first-order chi connectivity index (χ1) is 7.27. The summed E-state index contributed by atoms with van der Waals surface area (Å²) >= 11 is 0. The fourth-order valence-electron chi connectivity index (χ4n) is 1.92. The highest BCUT2D eigenvalue weighted by Crippen LogP contribution is 2.28. The highest BCUT2D eigenvalue weighted by Gasteiger charge is 2.21. The molecule has 2 unspecified atom stereocenters. The van der Waals surface area contributed by atoms with Gasteiger partial charge >= 0.3 is 0 Å². The smallest absolute Gasteiger partial charge is 0.129 e. The van der Waals surface area contributed by atoms with Crippen LogP contribution in [-0.4, -0.2) is 23.3 Å². The number of nitrogens with two attached hydrogens (primary N) is 1. The van der Waals surface area contributed by atoms with Crippen LogP contribution in [-0.2, 0) is 4.74 Å². The predicted octanol–water partition coefficient (Wildman–Crippen LogP) is 1.12. The molecular formula is C11H16N2O2. The number of rotatable bonds is 3. The molecule has 82 valence electrons. The van der Waals surface area contributed by atoms with Crippen molar-refractivity contribution in [2.24, 2.45) is 5.92 Å². The molecule has 1 aliphatic heterocycles. The molecule has 1 saturated heterocycles. The summed E-state index contributed by atoms with van der Waals surface area (Å²) in [5.41, 5.74) is 6.42. The molecule has 0 aliphatic carbocycles. The number of pyridine rings is 1. The molecule has 2 atom stereocenters. The minimum absolute atomic E-state index is 0.420. The Kier molecular flexibility index (Phi) is 3.18. The molecule has 0 saturated carbocycles. The Labute approximate surface area is 89.1 Å². The predicted molar refractivity (Wildman–Crippen MR) is 57.2 cm³/mol. The molecule has 2 rings (SSSR count). The Morgan fingerprint density at radius 3 is 3.20 bits per heavy atom. The summed E-state index contributed by atoms with van der Waals surface area (Å²) in [6, 6.07) is 3.61. The monoisotopic (exact) mass is 208 g/mol. The zero-order valence-corrected chi connectivity index (χ0v) is 8.60. The van der Waals surface area contributed by atoms with Gasteiger partial charge < -0.3 is 15.6 Å². The van der Waals surface area contributed by atoms with Crippen molar-refractivity contribution in [1.82, 2.24) is 4.98 Å². The van der Waals surface area contributed by atoms with E-state index in [0.717, 1.165) is 25.2 Å². The van der Waals surface area contributed by atoms with E-state index in [1.807, 2.05) is 6.07 Å². The molecule has 4 heteroatoms. The fourth-order valence-corrected chi connectivity index (χ4v) is 1.92. The van der Waals surface area contributed by atoms with Gasteiger partial charge in [-0.15, -0.1) is 0 Å². The van der Waals surface area contributed by atoms with Crippen molar-refractivity contribution in [3.63, 3.8) is 0 Å². The van der Waals surface area contributed by atoms with Crippen LogP contribution in [0.4, 0.5) is 5.82 Å². The van der Waals surface area contributed by atoms with Crippen LogP contribution in [0.5, 0.6) is 0 Å². The third kappa shape index (κ3) is 2.46. The van der Waals surface area contributed by atoms with Gasteiger partial charge in [-0.2, -0.15) is 0 Å². The van der Waals surface area contributed by atoms with Crippen molar-refractivity contribution in [2.75, 3.05) is 18.9 Å². The summed E-state index contributed by atoms with van der Waals surface area (Å²) in [6.07, 6.45) is 2.84. The zero-order valence-electron chi connectivity index (χ0n) is 8.60. The molecule has 15 heavy (non-hydrogen) atoms. The van der Waals surface area contributed by atoms with Gasteiger partial charge in [-0.1, -0.05) is 6.07 Å². The van der Waals surface area contributed by atoms with Gasteiger partial charge in [0.1, 0.15) is 5.82 Å². The lowest BCUT2D eigenvalue weighted by molar-refractivity contribution is 0.130. The first kappa shape index (κ1) is 10.4. The molecule has 0 aromatic carbocycles. The second kappa shape index (κ2) is 4.59. The van der Waals surface area contributed by atoms with Crippen LogP contribution in [0.15, 0.2) is 18.3 Å². The van der Waals surface area contributed by atoms with Crippen molar-refractivity contribution in [1.29, 1.82) is 0 Å². The summed E-state index contributed by atoms with van der Waals surface area (Å²) < 4.78 is 5.27. The maximum Gasteiger partial charge on any atom is 0.129 e. The van der Waals surface area contributed by atoms with Crippen molar-refractivity contribution in [2.45, 2.75) is 18.9 Å². The third-order valence-electron chi connectivity index (χ3n) is 2.81. The number of hydrogen-bond donors (Lipinski definition) is 2. The summed E-state index contributed by atoms with van der Waals surface area (Å²) in [6.45, 7) is 1.55. The second-order valence-corrected chi connectivity index (χ2v) is 3.96. The molecule has 3 N–H and O–H groups in total. The lowest BCUT2D eigenvalue weighted by Crippen LogP contribution is -2.09. The van der Waals surface area contributed by atoms with Crippen molar-refractivity contribution < 1.29 is 9.84 Å². The number of nitrogens with zero attached hydrogens (tertiary/aromatic N) is 1. The van der Waals surface area contributed by atoms with Gasteiger partial charge in [0.2, 0.25) is 0 Å². The fraction of sp³-hybridized carbons (Fsp3) is 0.545. The van der Waals surface area contributed by atoms with Crippen LogP contribution >= 0.6 is 0 Å². The standard InChI is InChI=1S/C11H16N2O2/c12-11-9(2-1-4-13-11)10(14)6-8-3-5-15-7-8/h1-2,4,8,10,14H,3,5-7H2,(H2,12,13). The van der Waals surface area contributed by atoms with Crippen LogP contribution < -0.4 is 5.73 Å². The molecule has 2 heterocycles. The molecule has 4 nitrogen and oxygen atoms in total. The molecule has 0 bridgehead atoms. The number of hydrogen-bond acceptors (Lipinski definition) is 4. The molecular weight excluding hydrogens is 192 g/mol. The lowest BCUT2D eigenvalue weighted by Gasteiger charge is -2.15. The van der Waals surface area contributed by atoms with Crippen LogP contribution in [0.3, 0.4) is 0 Å². The Morgan fingerprint density at radius 2 is 2.53 bits per heavy atom. The third-order valence-corrected chi connectivity index (χ3v) is 2.81. The zero-order chi connectivity index (χ0) is 10.7. The topological polar surface area (TPSA) is 68.4 Å². The maximum absolute atomic E-state index is 9.99. The van der Waals surface area contributed by atoms with E-state index in [9.17, 15) is 5.11 Å². The lowest BCUT2D eigenvalue weighted by atomic mass is 9.97. The van der Waals surface area contributed by atoms with Crippen molar-refractivity contribution >= 4 is 5.82 Å². The van der Waals surface area contributed by atoms with Crippen LogP contribution in [0.2, 0.25) is 0 Å². The van der Waals surface area contributed by atoms with Crippen LogP contribution in [0.1, 0.15) is 24.5 Å². The maximum atomic E-state index is 9.99. The average Bonchev–Trinajstić information content (AvgIpc) is 2.71. The largest absolute Gasteiger partial charge is 0.388 e. The summed E-state index contributed by atoms with van der Waals surface area (Å²) in [7, 11) is 0. The van der Waals surface area contributed by atoms with E-state index in [2.05, 4.69) is 4.98 Å². The summed E-state index contributed by atoms with van der Waals surface area (Å²) in [4.78, 5) is 3.96. The second-order valence-electron chi connectivity index (χ2n) is 3.96. The molecule has 1 aromatic heterocycles. The number of aliphatic hydroxyl groups is 1. The van der Waals surface area contributed by atoms with Crippen LogP contribution in [0, 0.1) is 5.92 Å². The molecule has 0 radical (unpaired) electrons. The van der Waals surface area contributed by atoms with E-state index >= 15 is 0 Å². The molecule has 0 amide bonds. The molecule has 1 fully saturated rings. The quantitative estimate of drug-likeness (QED) is 0.781.